The molecule has 0 bridgehead atoms. The third kappa shape index (κ3) is 5.09. The van der Waals surface area contributed by atoms with Gasteiger partial charge in [-0.25, -0.2) is 0 Å². The first-order valence-electron chi connectivity index (χ1n) is 10.5. The molecule has 2 heterocycles. The molecule has 168 valence electrons. The number of benzene rings is 2. The fourth-order valence-corrected chi connectivity index (χ4v) is 3.88. The van der Waals surface area contributed by atoms with E-state index in [4.69, 9.17) is 33.2 Å². The second kappa shape index (κ2) is 9.65. The molecule has 0 aromatic heterocycles. The van der Waals surface area contributed by atoms with Gasteiger partial charge in [0.15, 0.2) is 6.29 Å². The molecule has 0 unspecified atom stereocenters. The van der Waals surface area contributed by atoms with Gasteiger partial charge in [-0.05, 0) is 30.2 Å². The Morgan fingerprint density at radius 1 is 0.839 bits per heavy atom. The van der Waals surface area contributed by atoms with Crippen LogP contribution in [0.1, 0.15) is 25.0 Å². The summed E-state index contributed by atoms with van der Waals surface area (Å²) in [6.07, 6.45) is -2.09. The highest BCUT2D eigenvalue weighted by Crippen LogP contribution is 2.39. The number of ether oxygens (including phenoxy) is 7. The van der Waals surface area contributed by atoms with Crippen molar-refractivity contribution >= 4 is 0 Å². The molecule has 0 N–H and O–H groups in total. The molecular weight excluding hydrogens is 400 g/mol. The smallest absolute Gasteiger partial charge is 0.282 e. The molecule has 2 aromatic rings. The molecule has 2 fully saturated rings. The van der Waals surface area contributed by atoms with Gasteiger partial charge in [-0.15, -0.1) is 0 Å². The molecule has 31 heavy (non-hydrogen) atoms. The van der Waals surface area contributed by atoms with Gasteiger partial charge in [0.2, 0.25) is 0 Å². The predicted octanol–water partition coefficient (Wildman–Crippen LogP) is 3.65. The van der Waals surface area contributed by atoms with E-state index in [9.17, 15) is 0 Å². The van der Waals surface area contributed by atoms with Gasteiger partial charge in [-0.2, -0.15) is 0 Å². The molecule has 0 amide bonds. The second-order valence-electron chi connectivity index (χ2n) is 7.86. The van der Waals surface area contributed by atoms with E-state index in [1.54, 1.807) is 14.0 Å². The van der Waals surface area contributed by atoms with Gasteiger partial charge in [0.1, 0.15) is 24.1 Å². The predicted molar refractivity (Wildman–Crippen MR) is 112 cm³/mol. The average molecular weight is 430 g/mol. The van der Waals surface area contributed by atoms with Crippen molar-refractivity contribution < 1.29 is 33.2 Å². The normalized spacial score (nSPS) is 32.6. The molecule has 0 aliphatic carbocycles. The fourth-order valence-electron chi connectivity index (χ4n) is 3.88. The molecule has 7 heteroatoms. The number of methoxy groups -OCH3 is 2. The molecule has 6 atom stereocenters. The van der Waals surface area contributed by atoms with Crippen molar-refractivity contribution in [3.05, 3.63) is 65.7 Å². The molecular formula is C24H30O7. The molecule has 2 aliphatic rings. The van der Waals surface area contributed by atoms with Gasteiger partial charge in [-0.3, -0.25) is 4.74 Å². The zero-order valence-corrected chi connectivity index (χ0v) is 18.4. The second-order valence-corrected chi connectivity index (χ2v) is 7.86. The van der Waals surface area contributed by atoms with E-state index >= 15 is 0 Å². The van der Waals surface area contributed by atoms with Gasteiger partial charge < -0.3 is 28.4 Å². The Balaban J connectivity index is 1.50. The number of hydrogen-bond donors (Lipinski definition) is 0. The van der Waals surface area contributed by atoms with Crippen LogP contribution in [0.5, 0.6) is 5.75 Å². The quantitative estimate of drug-likeness (QED) is 0.633. The summed E-state index contributed by atoms with van der Waals surface area (Å²) < 4.78 is 41.3. The molecule has 4 rings (SSSR count). The van der Waals surface area contributed by atoms with Crippen molar-refractivity contribution in [3.63, 3.8) is 0 Å². The molecule has 2 saturated heterocycles. The highest BCUT2D eigenvalue weighted by atomic mass is 16.9. The third-order valence-electron chi connectivity index (χ3n) is 5.67. The fraction of sp³-hybridized carbons (Fsp3) is 0.500. The van der Waals surface area contributed by atoms with Crippen molar-refractivity contribution in [2.45, 2.75) is 63.7 Å². The van der Waals surface area contributed by atoms with Crippen molar-refractivity contribution in [3.8, 4) is 5.75 Å². The summed E-state index contributed by atoms with van der Waals surface area (Å²) in [5.41, 5.74) is 2.10. The van der Waals surface area contributed by atoms with Crippen LogP contribution in [-0.2, 0) is 41.6 Å². The highest BCUT2D eigenvalue weighted by Gasteiger charge is 2.56. The van der Waals surface area contributed by atoms with Gasteiger partial charge in [-0.1, -0.05) is 42.5 Å². The minimum atomic E-state index is -1.19. The van der Waals surface area contributed by atoms with Crippen molar-refractivity contribution in [2.24, 2.45) is 0 Å². The summed E-state index contributed by atoms with van der Waals surface area (Å²) in [6, 6.07) is 17.8. The first-order valence-corrected chi connectivity index (χ1v) is 10.5. The maximum atomic E-state index is 6.34. The highest BCUT2D eigenvalue weighted by molar-refractivity contribution is 5.26. The van der Waals surface area contributed by atoms with Crippen molar-refractivity contribution in [2.75, 3.05) is 14.2 Å². The van der Waals surface area contributed by atoms with Crippen LogP contribution in [-0.4, -0.2) is 50.9 Å². The van der Waals surface area contributed by atoms with Gasteiger partial charge in [0.25, 0.3) is 5.97 Å². The van der Waals surface area contributed by atoms with Crippen LogP contribution in [0.4, 0.5) is 0 Å². The monoisotopic (exact) mass is 430 g/mol. The van der Waals surface area contributed by atoms with Gasteiger partial charge in [0, 0.05) is 14.0 Å². The van der Waals surface area contributed by atoms with Crippen LogP contribution in [0.2, 0.25) is 0 Å². The van der Waals surface area contributed by atoms with Crippen molar-refractivity contribution in [1.82, 2.24) is 0 Å². The minimum absolute atomic E-state index is 0.261. The Morgan fingerprint density at radius 3 is 2.13 bits per heavy atom. The molecule has 0 saturated carbocycles. The van der Waals surface area contributed by atoms with Crippen LogP contribution in [0.3, 0.4) is 0 Å². The number of rotatable bonds is 8. The SMILES string of the molecule is COc1ccc(CO[C@@H]2[C@@H](OCc3ccccc3)[C@H]3O[C@](C)(OC)O[C@H]3O[C@H]2C)cc1. The van der Waals surface area contributed by atoms with Crippen molar-refractivity contribution in [1.29, 1.82) is 0 Å². The minimum Gasteiger partial charge on any atom is -0.497 e. The third-order valence-corrected chi connectivity index (χ3v) is 5.67. The summed E-state index contributed by atoms with van der Waals surface area (Å²) in [5.74, 6) is -0.380. The summed E-state index contributed by atoms with van der Waals surface area (Å²) in [6.45, 7) is 4.52. The van der Waals surface area contributed by atoms with Crippen LogP contribution < -0.4 is 4.74 Å². The molecule has 7 nitrogen and oxygen atoms in total. The van der Waals surface area contributed by atoms with E-state index in [1.807, 2.05) is 61.5 Å². The zero-order chi connectivity index (χ0) is 21.8. The lowest BCUT2D eigenvalue weighted by molar-refractivity contribution is -0.333. The maximum Gasteiger partial charge on any atom is 0.282 e. The summed E-state index contributed by atoms with van der Waals surface area (Å²) in [5, 5.41) is 0. The van der Waals surface area contributed by atoms with E-state index in [0.717, 1.165) is 16.9 Å². The van der Waals surface area contributed by atoms with Crippen LogP contribution in [0.15, 0.2) is 54.6 Å². The first kappa shape index (κ1) is 22.2. The van der Waals surface area contributed by atoms with E-state index in [-0.39, 0.29) is 12.2 Å². The van der Waals surface area contributed by atoms with E-state index < -0.39 is 24.5 Å². The lowest BCUT2D eigenvalue weighted by atomic mass is 9.99. The molecule has 2 aliphatic heterocycles. The van der Waals surface area contributed by atoms with Gasteiger partial charge in [0.05, 0.1) is 26.4 Å². The summed E-state index contributed by atoms with van der Waals surface area (Å²) >= 11 is 0. The average Bonchev–Trinajstić information content (AvgIpc) is 3.14. The number of fused-ring (bicyclic) bond motifs is 1. The summed E-state index contributed by atoms with van der Waals surface area (Å²) in [7, 11) is 3.19. The van der Waals surface area contributed by atoms with E-state index in [1.165, 1.54) is 7.11 Å². The Kier molecular flexibility index (Phi) is 6.91. The zero-order valence-electron chi connectivity index (χ0n) is 18.4. The Labute approximate surface area is 183 Å². The lowest BCUT2D eigenvalue weighted by Crippen LogP contribution is -2.57. The van der Waals surface area contributed by atoms with E-state index in [2.05, 4.69) is 0 Å². The lowest BCUT2D eigenvalue weighted by Gasteiger charge is -2.41. The molecule has 0 spiro atoms. The number of hydrogen-bond acceptors (Lipinski definition) is 7. The molecule has 0 radical (unpaired) electrons. The molecule has 2 aromatic carbocycles. The maximum absolute atomic E-state index is 6.34. The van der Waals surface area contributed by atoms with Crippen LogP contribution in [0, 0.1) is 0 Å². The van der Waals surface area contributed by atoms with Gasteiger partial charge >= 0.3 is 0 Å². The Hall–Kier alpha value is -2.00. The van der Waals surface area contributed by atoms with Crippen LogP contribution in [0.25, 0.3) is 0 Å². The first-order chi connectivity index (χ1) is 15.0. The largest absolute Gasteiger partial charge is 0.497 e. The standard InChI is InChI=1S/C24H30O7/c1-16-20(27-15-18-10-12-19(25-3)13-11-18)21(28-14-17-8-6-5-7-9-17)22-23(29-16)31-24(2,26-4)30-22/h5-13,16,20-23H,14-15H2,1-4H3/t16-,20-,21+,22+,23+,24-/m0/s1. The topological polar surface area (TPSA) is 64.6 Å². The van der Waals surface area contributed by atoms with E-state index in [0.29, 0.717) is 13.2 Å². The Bertz CT molecular complexity index is 828. The Morgan fingerprint density at radius 2 is 1.48 bits per heavy atom. The van der Waals surface area contributed by atoms with Crippen LogP contribution >= 0.6 is 0 Å². The summed E-state index contributed by atoms with van der Waals surface area (Å²) in [4.78, 5) is 0.